The Morgan fingerprint density at radius 3 is 3.03 bits per heavy atom. The van der Waals surface area contributed by atoms with Crippen molar-refractivity contribution in [3.05, 3.63) is 47.6 Å². The van der Waals surface area contributed by atoms with Crippen molar-refractivity contribution in [1.82, 2.24) is 25.0 Å². The normalized spacial score (nSPS) is 19.6. The average molecular weight is 412 g/mol. The molecule has 1 unspecified atom stereocenters. The fourth-order valence-electron chi connectivity index (χ4n) is 3.92. The van der Waals surface area contributed by atoms with E-state index in [9.17, 15) is 4.79 Å². The van der Waals surface area contributed by atoms with Gasteiger partial charge in [0.1, 0.15) is 11.6 Å². The lowest BCUT2D eigenvalue weighted by Crippen LogP contribution is -2.32. The van der Waals surface area contributed by atoms with Gasteiger partial charge in [0, 0.05) is 44.8 Å². The van der Waals surface area contributed by atoms with Crippen molar-refractivity contribution in [3.63, 3.8) is 0 Å². The molecular formula is C22H29N5O3. The predicted octanol–water partition coefficient (Wildman–Crippen LogP) is 1.51. The Kier molecular flexibility index (Phi) is 6.76. The van der Waals surface area contributed by atoms with Crippen LogP contribution in [0.5, 0.6) is 5.75 Å². The first-order valence-electron chi connectivity index (χ1n) is 10.5. The fourth-order valence-corrected chi connectivity index (χ4v) is 3.92. The lowest BCUT2D eigenvalue weighted by molar-refractivity contribution is -0.125. The highest BCUT2D eigenvalue weighted by molar-refractivity contribution is 5.78. The first kappa shape index (κ1) is 20.6. The molecule has 0 aliphatic carbocycles. The molecule has 1 aromatic heterocycles. The Morgan fingerprint density at radius 2 is 2.20 bits per heavy atom. The number of hydrogen-bond acceptors (Lipinski definition) is 6. The minimum Gasteiger partial charge on any atom is -0.496 e. The largest absolute Gasteiger partial charge is 0.496 e. The van der Waals surface area contributed by atoms with Gasteiger partial charge < -0.3 is 19.4 Å². The molecule has 2 aliphatic rings. The summed E-state index contributed by atoms with van der Waals surface area (Å²) in [5, 5.41) is 11.7. The second-order valence-corrected chi connectivity index (χ2v) is 7.66. The molecule has 3 heterocycles. The van der Waals surface area contributed by atoms with Gasteiger partial charge in [0.15, 0.2) is 5.82 Å². The molecule has 1 saturated heterocycles. The quantitative estimate of drug-likeness (QED) is 0.744. The molecule has 1 amide bonds. The van der Waals surface area contributed by atoms with Crippen LogP contribution in [0, 0.1) is 5.92 Å². The minimum atomic E-state index is -0.0398. The predicted molar refractivity (Wildman–Crippen MR) is 113 cm³/mol. The van der Waals surface area contributed by atoms with Crippen LogP contribution in [0.3, 0.4) is 0 Å². The molecule has 1 N–H and O–H groups in total. The van der Waals surface area contributed by atoms with Crippen molar-refractivity contribution in [2.45, 2.75) is 25.9 Å². The number of hydrogen-bond donors (Lipinski definition) is 1. The highest BCUT2D eigenvalue weighted by Gasteiger charge is 2.24. The van der Waals surface area contributed by atoms with Crippen molar-refractivity contribution in [2.75, 3.05) is 40.0 Å². The number of fused-ring (bicyclic) bond motifs is 1. The molecule has 1 fully saturated rings. The fraction of sp³-hybridized carbons (Fsp3) is 0.500. The number of ether oxygens (including phenoxy) is 2. The van der Waals surface area contributed by atoms with Gasteiger partial charge in [-0.3, -0.25) is 9.69 Å². The maximum Gasteiger partial charge on any atom is 0.225 e. The molecule has 30 heavy (non-hydrogen) atoms. The summed E-state index contributed by atoms with van der Waals surface area (Å²) in [5.74, 6) is 2.69. The van der Waals surface area contributed by atoms with Crippen LogP contribution in [-0.4, -0.2) is 65.5 Å². The third-order valence-electron chi connectivity index (χ3n) is 5.72. The maximum atomic E-state index is 12.2. The van der Waals surface area contributed by atoms with Gasteiger partial charge in [-0.05, 0) is 12.5 Å². The molecular weight excluding hydrogens is 382 g/mol. The summed E-state index contributed by atoms with van der Waals surface area (Å²) < 4.78 is 12.8. The first-order valence-corrected chi connectivity index (χ1v) is 10.5. The Morgan fingerprint density at radius 1 is 1.30 bits per heavy atom. The smallest absolute Gasteiger partial charge is 0.225 e. The van der Waals surface area contributed by atoms with E-state index in [-0.39, 0.29) is 11.8 Å². The van der Waals surface area contributed by atoms with E-state index in [4.69, 9.17) is 9.47 Å². The van der Waals surface area contributed by atoms with Crippen LogP contribution in [0.2, 0.25) is 0 Å². The van der Waals surface area contributed by atoms with Crippen LogP contribution < -0.4 is 10.1 Å². The van der Waals surface area contributed by atoms with Crippen LogP contribution in [-0.2, 0) is 29.0 Å². The van der Waals surface area contributed by atoms with E-state index in [1.807, 2.05) is 18.2 Å². The summed E-state index contributed by atoms with van der Waals surface area (Å²) in [6, 6.07) is 8.01. The topological polar surface area (TPSA) is 81.5 Å². The number of benzene rings is 1. The second-order valence-electron chi connectivity index (χ2n) is 7.66. The number of nitrogens with zero attached hydrogens (tertiary/aromatic N) is 4. The molecule has 8 heteroatoms. The van der Waals surface area contributed by atoms with E-state index in [2.05, 4.69) is 43.2 Å². The van der Waals surface area contributed by atoms with E-state index < -0.39 is 0 Å². The number of methoxy groups -OCH3 is 1. The van der Waals surface area contributed by atoms with Crippen LogP contribution in [0.4, 0.5) is 0 Å². The van der Waals surface area contributed by atoms with Gasteiger partial charge in [0.2, 0.25) is 5.91 Å². The summed E-state index contributed by atoms with van der Waals surface area (Å²) in [6.07, 6.45) is 5.92. The summed E-state index contributed by atoms with van der Waals surface area (Å²) in [4.78, 5) is 14.6. The molecule has 0 spiro atoms. The molecule has 0 radical (unpaired) electrons. The van der Waals surface area contributed by atoms with E-state index in [0.29, 0.717) is 19.8 Å². The monoisotopic (exact) mass is 411 g/mol. The van der Waals surface area contributed by atoms with Gasteiger partial charge in [-0.25, -0.2) is 0 Å². The standard InChI is InChI=1S/C22H29N5O3/c1-29-19-7-3-2-5-17(19)6-4-10-26-11-8-20-24-25-21(27(20)13-12-26)15-23-22(28)18-9-14-30-16-18/h2-7,18H,8-16H2,1H3,(H,23,28)/b6-4+. The van der Waals surface area contributed by atoms with Crippen molar-refractivity contribution in [3.8, 4) is 5.75 Å². The summed E-state index contributed by atoms with van der Waals surface area (Å²) in [7, 11) is 1.69. The molecule has 4 rings (SSSR count). The Labute approximate surface area is 176 Å². The Bertz CT molecular complexity index is 889. The average Bonchev–Trinajstić information content (AvgIpc) is 3.40. The lowest BCUT2D eigenvalue weighted by Gasteiger charge is -2.17. The van der Waals surface area contributed by atoms with Crippen molar-refractivity contribution in [1.29, 1.82) is 0 Å². The molecule has 2 aromatic rings. The number of rotatable bonds is 7. The number of aromatic nitrogens is 3. The van der Waals surface area contributed by atoms with E-state index in [1.165, 1.54) is 0 Å². The summed E-state index contributed by atoms with van der Waals surface area (Å²) in [5.41, 5.74) is 1.08. The number of amides is 1. The van der Waals surface area contributed by atoms with Gasteiger partial charge in [-0.2, -0.15) is 0 Å². The highest BCUT2D eigenvalue weighted by Crippen LogP contribution is 2.19. The van der Waals surface area contributed by atoms with Gasteiger partial charge in [-0.15, -0.1) is 10.2 Å². The number of para-hydroxylation sites is 1. The Balaban J connectivity index is 1.30. The third kappa shape index (κ3) is 4.88. The zero-order valence-corrected chi connectivity index (χ0v) is 17.4. The van der Waals surface area contributed by atoms with Gasteiger partial charge >= 0.3 is 0 Å². The molecule has 1 aromatic carbocycles. The van der Waals surface area contributed by atoms with Gasteiger partial charge in [-0.1, -0.05) is 30.4 Å². The SMILES string of the molecule is COc1ccccc1/C=C/CN1CCc2nnc(CNC(=O)C3CCOC3)n2CC1. The molecule has 0 bridgehead atoms. The second kappa shape index (κ2) is 9.86. The molecule has 8 nitrogen and oxygen atoms in total. The summed E-state index contributed by atoms with van der Waals surface area (Å²) in [6.45, 7) is 5.13. The number of carbonyl (C=O) groups excluding carboxylic acids is 1. The first-order chi connectivity index (χ1) is 14.7. The molecule has 0 saturated carbocycles. The minimum absolute atomic E-state index is 0.0398. The van der Waals surface area contributed by atoms with E-state index in [1.54, 1.807) is 7.11 Å². The highest BCUT2D eigenvalue weighted by atomic mass is 16.5. The number of nitrogens with one attached hydrogen (secondary N) is 1. The van der Waals surface area contributed by atoms with E-state index >= 15 is 0 Å². The van der Waals surface area contributed by atoms with Crippen molar-refractivity contribution < 1.29 is 14.3 Å². The van der Waals surface area contributed by atoms with Crippen LogP contribution >= 0.6 is 0 Å². The van der Waals surface area contributed by atoms with Crippen LogP contribution in [0.15, 0.2) is 30.3 Å². The maximum absolute atomic E-state index is 12.2. The Hall–Kier alpha value is -2.71. The zero-order valence-electron chi connectivity index (χ0n) is 17.4. The van der Waals surface area contributed by atoms with E-state index in [0.717, 1.165) is 62.0 Å². The molecule has 160 valence electrons. The lowest BCUT2D eigenvalue weighted by atomic mass is 10.1. The molecule has 2 aliphatic heterocycles. The van der Waals surface area contributed by atoms with Crippen molar-refractivity contribution in [2.24, 2.45) is 5.92 Å². The number of carbonyl (C=O) groups is 1. The van der Waals surface area contributed by atoms with Crippen molar-refractivity contribution >= 4 is 12.0 Å². The van der Waals surface area contributed by atoms with Gasteiger partial charge in [0.25, 0.3) is 0 Å². The summed E-state index contributed by atoms with van der Waals surface area (Å²) >= 11 is 0. The van der Waals surface area contributed by atoms with Crippen LogP contribution in [0.1, 0.15) is 23.6 Å². The van der Waals surface area contributed by atoms with Crippen LogP contribution in [0.25, 0.3) is 6.08 Å². The van der Waals surface area contributed by atoms with Gasteiger partial charge in [0.05, 0.1) is 26.2 Å². The molecule has 1 atom stereocenters. The third-order valence-corrected chi connectivity index (χ3v) is 5.72. The zero-order chi connectivity index (χ0) is 20.8.